The van der Waals surface area contributed by atoms with Gasteiger partial charge in [-0.15, -0.1) is 11.6 Å². The predicted molar refractivity (Wildman–Crippen MR) is 60.1 cm³/mol. The van der Waals surface area contributed by atoms with Crippen molar-refractivity contribution in [2.75, 3.05) is 5.88 Å². The van der Waals surface area contributed by atoms with Crippen LogP contribution in [-0.2, 0) is 6.18 Å². The number of nitrogens with zero attached hydrogens (tertiary/aromatic N) is 1. The predicted octanol–water partition coefficient (Wildman–Crippen LogP) is 3.29. The first-order chi connectivity index (χ1) is 7.75. The van der Waals surface area contributed by atoms with Crippen molar-refractivity contribution in [1.82, 2.24) is 0 Å². The number of rotatable bonds is 2. The van der Waals surface area contributed by atoms with Crippen LogP contribution in [0.4, 0.5) is 18.9 Å². The summed E-state index contributed by atoms with van der Waals surface area (Å²) in [5.74, 6) is -0.877. The number of aromatic hydroxyl groups is 1. The van der Waals surface area contributed by atoms with E-state index in [0.29, 0.717) is 12.1 Å². The lowest BCUT2D eigenvalue weighted by Crippen LogP contribution is -2.12. The topological polar surface area (TPSA) is 58.6 Å². The highest BCUT2D eigenvalue weighted by molar-refractivity contribution is 6.32. The molecule has 0 saturated carbocycles. The van der Waals surface area contributed by atoms with Gasteiger partial charge in [-0.1, -0.05) is 11.6 Å². The second-order valence-electron chi connectivity index (χ2n) is 3.06. The normalized spacial score (nSPS) is 12.9. The van der Waals surface area contributed by atoms with Crippen LogP contribution in [0.1, 0.15) is 5.56 Å². The van der Waals surface area contributed by atoms with Crippen LogP contribution in [0.25, 0.3) is 0 Å². The Morgan fingerprint density at radius 1 is 1.41 bits per heavy atom. The van der Waals surface area contributed by atoms with Crippen molar-refractivity contribution < 1.29 is 18.3 Å². The van der Waals surface area contributed by atoms with Crippen molar-refractivity contribution in [1.29, 1.82) is 0 Å². The van der Waals surface area contributed by atoms with Gasteiger partial charge < -0.3 is 10.8 Å². The fourth-order valence-electron chi connectivity index (χ4n) is 1.02. The number of phenolic OH excluding ortho intramolecular Hbond substituents is 1. The molecular formula is C9H7Cl2F3N2O. The number of alkyl halides is 4. The third kappa shape index (κ3) is 3.41. The highest BCUT2D eigenvalue weighted by Gasteiger charge is 2.32. The van der Waals surface area contributed by atoms with E-state index >= 15 is 0 Å². The molecule has 0 unspecified atom stereocenters. The van der Waals surface area contributed by atoms with Gasteiger partial charge in [-0.3, -0.25) is 0 Å². The molecule has 94 valence electrons. The summed E-state index contributed by atoms with van der Waals surface area (Å²) < 4.78 is 37.4. The second kappa shape index (κ2) is 5.01. The van der Waals surface area contributed by atoms with Gasteiger partial charge in [0.15, 0.2) is 5.75 Å². The maximum Gasteiger partial charge on any atom is 0.416 e. The van der Waals surface area contributed by atoms with Crippen molar-refractivity contribution in [3.63, 3.8) is 0 Å². The van der Waals surface area contributed by atoms with E-state index in [2.05, 4.69) is 4.99 Å². The van der Waals surface area contributed by atoms with Crippen LogP contribution in [0.15, 0.2) is 17.1 Å². The molecule has 0 fully saturated rings. The molecule has 0 heterocycles. The summed E-state index contributed by atoms with van der Waals surface area (Å²) in [6.45, 7) is 0. The zero-order chi connectivity index (χ0) is 13.2. The molecule has 1 rings (SSSR count). The minimum absolute atomic E-state index is 0.127. The lowest BCUT2D eigenvalue weighted by Gasteiger charge is -2.10. The first-order valence-electron chi connectivity index (χ1n) is 4.24. The zero-order valence-electron chi connectivity index (χ0n) is 8.22. The van der Waals surface area contributed by atoms with Crippen LogP contribution in [0.2, 0.25) is 5.02 Å². The SMILES string of the molecule is NC(CCl)=Nc1cc(C(F)(F)F)cc(Cl)c1O. The number of benzene rings is 1. The highest BCUT2D eigenvalue weighted by Crippen LogP contribution is 2.40. The Morgan fingerprint density at radius 2 is 2.00 bits per heavy atom. The number of aliphatic imine (C=N–C) groups is 1. The molecule has 1 aromatic rings. The molecule has 0 amide bonds. The first-order valence-corrected chi connectivity index (χ1v) is 5.15. The molecule has 0 aromatic heterocycles. The van der Waals surface area contributed by atoms with Gasteiger partial charge in [0.2, 0.25) is 0 Å². The largest absolute Gasteiger partial charge is 0.504 e. The third-order valence-electron chi connectivity index (χ3n) is 1.77. The molecule has 17 heavy (non-hydrogen) atoms. The quantitative estimate of drug-likeness (QED) is 0.498. The summed E-state index contributed by atoms with van der Waals surface area (Å²) in [4.78, 5) is 3.54. The van der Waals surface area contributed by atoms with Gasteiger partial charge in [0, 0.05) is 0 Å². The Labute approximate surface area is 105 Å². The molecule has 0 bridgehead atoms. The fraction of sp³-hybridized carbons (Fsp3) is 0.222. The van der Waals surface area contributed by atoms with Gasteiger partial charge in [-0.2, -0.15) is 13.2 Å². The average Bonchev–Trinajstić information content (AvgIpc) is 2.22. The van der Waals surface area contributed by atoms with E-state index in [-0.39, 0.29) is 17.4 Å². The maximum atomic E-state index is 12.5. The Hall–Kier alpha value is -1.14. The van der Waals surface area contributed by atoms with Gasteiger partial charge in [0.05, 0.1) is 16.5 Å². The lowest BCUT2D eigenvalue weighted by molar-refractivity contribution is -0.137. The average molecular weight is 287 g/mol. The minimum atomic E-state index is -4.59. The molecule has 0 radical (unpaired) electrons. The van der Waals surface area contributed by atoms with Crippen LogP contribution in [-0.4, -0.2) is 16.8 Å². The van der Waals surface area contributed by atoms with Crippen LogP contribution in [0, 0.1) is 0 Å². The Bertz CT molecular complexity index is 460. The molecule has 3 N–H and O–H groups in total. The number of hydrogen-bond acceptors (Lipinski definition) is 2. The number of amidine groups is 1. The summed E-state index contributed by atoms with van der Waals surface area (Å²) in [6, 6.07) is 1.24. The van der Waals surface area contributed by atoms with E-state index in [0.717, 1.165) is 0 Å². The molecule has 0 atom stereocenters. The second-order valence-corrected chi connectivity index (χ2v) is 3.73. The van der Waals surface area contributed by atoms with Gasteiger partial charge in [-0.05, 0) is 12.1 Å². The third-order valence-corrected chi connectivity index (χ3v) is 2.33. The summed E-state index contributed by atoms with van der Waals surface area (Å²) in [6.07, 6.45) is -4.59. The van der Waals surface area contributed by atoms with E-state index in [1.807, 2.05) is 0 Å². The monoisotopic (exact) mass is 286 g/mol. The van der Waals surface area contributed by atoms with Crippen LogP contribution >= 0.6 is 23.2 Å². The first kappa shape index (κ1) is 13.9. The Morgan fingerprint density at radius 3 is 2.47 bits per heavy atom. The molecule has 8 heteroatoms. The van der Waals surface area contributed by atoms with Gasteiger partial charge in [-0.25, -0.2) is 4.99 Å². The smallest absolute Gasteiger partial charge is 0.416 e. The highest BCUT2D eigenvalue weighted by atomic mass is 35.5. The van der Waals surface area contributed by atoms with Crippen LogP contribution in [0.5, 0.6) is 5.75 Å². The minimum Gasteiger partial charge on any atom is -0.504 e. The molecule has 0 spiro atoms. The van der Waals surface area contributed by atoms with Gasteiger partial charge in [0.1, 0.15) is 11.5 Å². The Kier molecular flexibility index (Phi) is 4.11. The number of hydrogen-bond donors (Lipinski definition) is 2. The molecule has 0 aliphatic carbocycles. The van der Waals surface area contributed by atoms with E-state index in [1.54, 1.807) is 0 Å². The molecule has 1 aromatic carbocycles. The Balaban J connectivity index is 3.35. The molecule has 0 aliphatic rings. The van der Waals surface area contributed by atoms with E-state index in [1.165, 1.54) is 0 Å². The van der Waals surface area contributed by atoms with Crippen LogP contribution in [0.3, 0.4) is 0 Å². The van der Waals surface area contributed by atoms with Gasteiger partial charge >= 0.3 is 6.18 Å². The zero-order valence-corrected chi connectivity index (χ0v) is 9.74. The number of phenols is 1. The molecule has 3 nitrogen and oxygen atoms in total. The van der Waals surface area contributed by atoms with E-state index < -0.39 is 22.5 Å². The number of nitrogens with two attached hydrogens (primary N) is 1. The van der Waals surface area contributed by atoms with Gasteiger partial charge in [0.25, 0.3) is 0 Å². The van der Waals surface area contributed by atoms with Crippen molar-refractivity contribution in [3.8, 4) is 5.75 Å². The van der Waals surface area contributed by atoms with E-state index in [4.69, 9.17) is 28.9 Å². The van der Waals surface area contributed by atoms with Crippen molar-refractivity contribution in [2.45, 2.75) is 6.18 Å². The summed E-state index contributed by atoms with van der Waals surface area (Å²) in [5, 5.41) is 8.97. The van der Waals surface area contributed by atoms with E-state index in [9.17, 15) is 18.3 Å². The summed E-state index contributed by atoms with van der Waals surface area (Å²) >= 11 is 10.8. The lowest BCUT2D eigenvalue weighted by atomic mass is 10.2. The van der Waals surface area contributed by atoms with Crippen molar-refractivity contribution in [2.24, 2.45) is 10.7 Å². The molecule has 0 aliphatic heterocycles. The standard InChI is InChI=1S/C9H7Cl2F3N2O/c10-3-7(15)16-6-2-4(9(12,13)14)1-5(11)8(6)17/h1-2,17H,3H2,(H2,15,16). The molecule has 0 saturated heterocycles. The molecular weight excluding hydrogens is 280 g/mol. The van der Waals surface area contributed by atoms with Crippen LogP contribution < -0.4 is 5.73 Å². The summed E-state index contributed by atoms with van der Waals surface area (Å²) in [5.41, 5.74) is 3.87. The van der Waals surface area contributed by atoms with Crippen molar-refractivity contribution in [3.05, 3.63) is 22.7 Å². The number of halogens is 5. The summed E-state index contributed by atoms with van der Waals surface area (Å²) in [7, 11) is 0. The maximum absolute atomic E-state index is 12.5. The van der Waals surface area contributed by atoms with Crippen molar-refractivity contribution >= 4 is 34.7 Å². The fourth-order valence-corrected chi connectivity index (χ4v) is 1.29.